The minimum Gasteiger partial charge on any atom is -0.467 e. The third kappa shape index (κ3) is 6.17. The molecule has 8 nitrogen and oxygen atoms in total. The van der Waals surface area contributed by atoms with Crippen LogP contribution in [0.15, 0.2) is 48.5 Å². The van der Waals surface area contributed by atoms with Gasteiger partial charge >= 0.3 is 13.1 Å². The van der Waals surface area contributed by atoms with Crippen molar-refractivity contribution in [2.75, 3.05) is 26.6 Å². The number of amides is 2. The molecule has 0 saturated carbocycles. The van der Waals surface area contributed by atoms with Gasteiger partial charge in [0.15, 0.2) is 0 Å². The van der Waals surface area contributed by atoms with Gasteiger partial charge in [0.1, 0.15) is 6.04 Å². The number of benzene rings is 2. The normalized spacial score (nSPS) is 11.3. The Bertz CT molecular complexity index is 883. The van der Waals surface area contributed by atoms with Gasteiger partial charge in [0.05, 0.1) is 18.4 Å². The maximum absolute atomic E-state index is 12.8. The smallest absolute Gasteiger partial charge is 0.467 e. The van der Waals surface area contributed by atoms with Gasteiger partial charge in [-0.1, -0.05) is 36.4 Å². The first-order chi connectivity index (χ1) is 14.4. The number of hydrogen-bond acceptors (Lipinski definition) is 6. The van der Waals surface area contributed by atoms with Crippen molar-refractivity contribution in [1.29, 1.82) is 0 Å². The molecule has 0 aromatic heterocycles. The Labute approximate surface area is 176 Å². The van der Waals surface area contributed by atoms with E-state index in [1.54, 1.807) is 38.5 Å². The zero-order valence-corrected chi connectivity index (χ0v) is 17.4. The molecule has 1 atom stereocenters. The summed E-state index contributed by atoms with van der Waals surface area (Å²) in [4.78, 5) is 36.4. The van der Waals surface area contributed by atoms with Crippen LogP contribution in [0, 0.1) is 0 Å². The molecule has 0 aliphatic rings. The van der Waals surface area contributed by atoms with Gasteiger partial charge in [-0.25, -0.2) is 4.79 Å². The van der Waals surface area contributed by atoms with Crippen LogP contribution in [0.3, 0.4) is 0 Å². The first kappa shape index (κ1) is 23.1. The van der Waals surface area contributed by atoms with Crippen molar-refractivity contribution in [3.63, 3.8) is 0 Å². The Hall–Kier alpha value is -3.17. The Balaban J connectivity index is 2.18. The average Bonchev–Trinajstić information content (AvgIpc) is 2.74. The fourth-order valence-corrected chi connectivity index (χ4v) is 2.97. The number of rotatable bonds is 9. The Kier molecular flexibility index (Phi) is 8.58. The van der Waals surface area contributed by atoms with Gasteiger partial charge in [-0.3, -0.25) is 9.59 Å². The second kappa shape index (κ2) is 11.1. The summed E-state index contributed by atoms with van der Waals surface area (Å²) in [6, 6.07) is 13.0. The van der Waals surface area contributed by atoms with Crippen LogP contribution >= 0.6 is 0 Å². The molecule has 0 bridgehead atoms. The van der Waals surface area contributed by atoms with Gasteiger partial charge in [0, 0.05) is 27.6 Å². The number of esters is 1. The van der Waals surface area contributed by atoms with Crippen molar-refractivity contribution >= 4 is 36.1 Å². The van der Waals surface area contributed by atoms with Gasteiger partial charge in [0.25, 0.3) is 5.91 Å². The molecule has 9 heteroatoms. The van der Waals surface area contributed by atoms with Crippen molar-refractivity contribution in [1.82, 2.24) is 5.32 Å². The predicted octanol–water partition coefficient (Wildman–Crippen LogP) is 1.15. The largest absolute Gasteiger partial charge is 0.493 e. The van der Waals surface area contributed by atoms with Crippen LogP contribution in [0.25, 0.3) is 0 Å². The number of carbonyl (C=O) groups excluding carboxylic acids is 3. The topological polar surface area (TPSA) is 103 Å². The standard InChI is InChI=1S/C21H25BN2O6/c1-14(25)23-18-8-6-5-7-17(18)20(26)24-19(21(27)28-2)13-15-9-11-16(12-10-15)22(29-3)30-4/h5-12,19H,13H2,1-4H3,(H,23,25)(H,24,26)/t19-/m0/s1. The van der Waals surface area contributed by atoms with Crippen molar-refractivity contribution in [3.8, 4) is 0 Å². The molecule has 0 spiro atoms. The van der Waals surface area contributed by atoms with E-state index in [0.29, 0.717) is 5.69 Å². The van der Waals surface area contributed by atoms with Crippen LogP contribution < -0.4 is 16.1 Å². The molecule has 0 aliphatic heterocycles. The number of methoxy groups -OCH3 is 1. The van der Waals surface area contributed by atoms with E-state index in [1.807, 2.05) is 24.3 Å². The third-order valence-corrected chi connectivity index (χ3v) is 4.39. The van der Waals surface area contributed by atoms with Gasteiger partial charge in [-0.15, -0.1) is 0 Å². The summed E-state index contributed by atoms with van der Waals surface area (Å²) in [5.41, 5.74) is 2.25. The van der Waals surface area contributed by atoms with E-state index >= 15 is 0 Å². The monoisotopic (exact) mass is 412 g/mol. The number of ether oxygens (including phenoxy) is 1. The Morgan fingerprint density at radius 2 is 1.60 bits per heavy atom. The van der Waals surface area contributed by atoms with E-state index in [-0.39, 0.29) is 17.9 Å². The highest BCUT2D eigenvalue weighted by atomic mass is 16.6. The second-order valence-electron chi connectivity index (χ2n) is 6.53. The molecule has 0 saturated heterocycles. The molecular weight excluding hydrogens is 387 g/mol. The fraction of sp³-hybridized carbons (Fsp3) is 0.286. The molecule has 2 rings (SSSR count). The Morgan fingerprint density at radius 3 is 2.17 bits per heavy atom. The van der Waals surface area contributed by atoms with Gasteiger partial charge in [-0.05, 0) is 23.2 Å². The minimum atomic E-state index is -0.903. The summed E-state index contributed by atoms with van der Waals surface area (Å²) in [6.45, 7) is 1.35. The molecule has 30 heavy (non-hydrogen) atoms. The zero-order chi connectivity index (χ0) is 22.1. The lowest BCUT2D eigenvalue weighted by Gasteiger charge is -2.18. The highest BCUT2D eigenvalue weighted by Gasteiger charge is 2.24. The van der Waals surface area contributed by atoms with E-state index in [4.69, 9.17) is 14.0 Å². The number of hydrogen-bond donors (Lipinski definition) is 2. The van der Waals surface area contributed by atoms with Gasteiger partial charge in [-0.2, -0.15) is 0 Å². The highest BCUT2D eigenvalue weighted by Crippen LogP contribution is 2.15. The number of nitrogens with one attached hydrogen (secondary N) is 2. The first-order valence-electron chi connectivity index (χ1n) is 9.29. The molecule has 0 heterocycles. The molecule has 0 aliphatic carbocycles. The predicted molar refractivity (Wildman–Crippen MR) is 114 cm³/mol. The number of carbonyl (C=O) groups is 3. The van der Waals surface area contributed by atoms with Crippen molar-refractivity contribution in [2.45, 2.75) is 19.4 Å². The Morgan fingerprint density at radius 1 is 0.967 bits per heavy atom. The highest BCUT2D eigenvalue weighted by molar-refractivity contribution is 6.61. The van der Waals surface area contributed by atoms with Crippen LogP contribution in [-0.2, 0) is 30.1 Å². The quantitative estimate of drug-likeness (QED) is 0.473. The minimum absolute atomic E-state index is 0.228. The van der Waals surface area contributed by atoms with Crippen molar-refractivity contribution < 1.29 is 28.4 Å². The van der Waals surface area contributed by atoms with Crippen LogP contribution in [0.4, 0.5) is 5.69 Å². The number of para-hydroxylation sites is 1. The summed E-state index contributed by atoms with van der Waals surface area (Å²) in [5.74, 6) is -1.37. The van der Waals surface area contributed by atoms with Gasteiger partial charge in [0.2, 0.25) is 5.91 Å². The molecule has 158 valence electrons. The van der Waals surface area contributed by atoms with Gasteiger partial charge < -0.3 is 24.7 Å². The van der Waals surface area contributed by atoms with E-state index in [1.165, 1.54) is 14.0 Å². The maximum atomic E-state index is 12.8. The molecule has 2 aromatic rings. The third-order valence-electron chi connectivity index (χ3n) is 4.39. The molecule has 2 amide bonds. The summed E-state index contributed by atoms with van der Waals surface area (Å²) in [5, 5.41) is 5.30. The summed E-state index contributed by atoms with van der Waals surface area (Å²) >= 11 is 0. The summed E-state index contributed by atoms with van der Waals surface area (Å²) < 4.78 is 15.3. The van der Waals surface area contributed by atoms with E-state index < -0.39 is 25.0 Å². The van der Waals surface area contributed by atoms with Crippen LogP contribution in [0.1, 0.15) is 22.8 Å². The average molecular weight is 412 g/mol. The summed E-state index contributed by atoms with van der Waals surface area (Å²) in [7, 11) is 3.87. The van der Waals surface area contributed by atoms with E-state index in [0.717, 1.165) is 11.0 Å². The van der Waals surface area contributed by atoms with Crippen molar-refractivity contribution in [2.24, 2.45) is 0 Å². The van der Waals surface area contributed by atoms with Crippen LogP contribution in [-0.4, -0.2) is 52.3 Å². The molecule has 0 unspecified atom stereocenters. The molecule has 2 N–H and O–H groups in total. The molecule has 0 radical (unpaired) electrons. The van der Waals surface area contributed by atoms with E-state index in [9.17, 15) is 14.4 Å². The van der Waals surface area contributed by atoms with E-state index in [2.05, 4.69) is 10.6 Å². The van der Waals surface area contributed by atoms with Crippen LogP contribution in [0.5, 0.6) is 0 Å². The molecule has 0 fully saturated rings. The first-order valence-corrected chi connectivity index (χ1v) is 9.29. The lowest BCUT2D eigenvalue weighted by atomic mass is 9.78. The molecule has 2 aromatic carbocycles. The molecular formula is C21H25BN2O6. The van der Waals surface area contributed by atoms with Crippen molar-refractivity contribution in [3.05, 3.63) is 59.7 Å². The zero-order valence-electron chi connectivity index (χ0n) is 17.4. The fourth-order valence-electron chi connectivity index (χ4n) is 2.97. The lowest BCUT2D eigenvalue weighted by molar-refractivity contribution is -0.142. The second-order valence-corrected chi connectivity index (χ2v) is 6.53. The maximum Gasteiger partial charge on any atom is 0.493 e. The summed E-state index contributed by atoms with van der Waals surface area (Å²) in [6.07, 6.45) is 0.228. The van der Waals surface area contributed by atoms with Crippen LogP contribution in [0.2, 0.25) is 0 Å². The lowest BCUT2D eigenvalue weighted by Crippen LogP contribution is -2.43. The SMILES string of the molecule is COB(OC)c1ccc(C[C@H](NC(=O)c2ccccc2NC(C)=O)C(=O)OC)cc1. The number of anilines is 1.